The summed E-state index contributed by atoms with van der Waals surface area (Å²) in [6, 6.07) is -7.37. The standard InChI is InChI=1S/C34H55N7O10S/c1-6-7-8-9-10-11-12-15-23(44)40-16-13-14-21(40)29(47)38-24(19(3)42)30(48)36-18(2)27(45)37-20(17-22(35)43)28(46)39-25-31(49)41-26(33(50)51)34(4,5)52-32(25)41/h18-21,24-26,32,42H,6-17H2,1-5H3,(H2,35,43)(H,36,48)(H,37,45)(H,38,47)(H,39,46)(H,50,51)/t18-,19+,20-,21-,24-,25+,26-,32+/m0/s1. The molecule has 0 aromatic rings. The highest BCUT2D eigenvalue weighted by molar-refractivity contribution is 8.01. The minimum absolute atomic E-state index is 0.140. The van der Waals surface area contributed by atoms with Gasteiger partial charge in [0.2, 0.25) is 41.4 Å². The average Bonchev–Trinajstić information content (AvgIpc) is 3.65. The summed E-state index contributed by atoms with van der Waals surface area (Å²) in [5, 5.41) is 29.1. The van der Waals surface area contributed by atoms with E-state index >= 15 is 0 Å². The molecule has 52 heavy (non-hydrogen) atoms. The SMILES string of the molecule is CCCCCCCCCC(=O)N1CCC[C@H]1C(=O)N[C@H](C(=O)N[C@@H](C)C(=O)N[C@@H](CC(N)=O)C(=O)N[C@@H]1C(=O)N2[C@@H]1SC(C)(C)[C@@H]2C(=O)O)[C@@H](C)O. The molecule has 8 N–H and O–H groups in total. The number of nitrogens with one attached hydrogen (secondary N) is 4. The first-order valence-corrected chi connectivity index (χ1v) is 19.0. The first-order valence-electron chi connectivity index (χ1n) is 18.1. The van der Waals surface area contributed by atoms with Crippen LogP contribution in [-0.2, 0) is 38.4 Å². The molecular weight excluding hydrogens is 698 g/mol. The summed E-state index contributed by atoms with van der Waals surface area (Å²) in [7, 11) is 0. The van der Waals surface area contributed by atoms with E-state index < -0.39 is 100 Å². The van der Waals surface area contributed by atoms with Gasteiger partial charge >= 0.3 is 5.97 Å². The molecule has 3 heterocycles. The Morgan fingerprint density at radius 1 is 0.942 bits per heavy atom. The molecule has 3 aliphatic rings. The Hall–Kier alpha value is -3.93. The maximum atomic E-state index is 13.3. The molecule has 8 atom stereocenters. The third kappa shape index (κ3) is 10.6. The third-order valence-corrected chi connectivity index (χ3v) is 11.3. The molecule has 0 unspecified atom stereocenters. The second-order valence-corrected chi connectivity index (χ2v) is 16.2. The third-order valence-electron chi connectivity index (χ3n) is 9.70. The predicted octanol–water partition coefficient (Wildman–Crippen LogP) is -0.520. The highest BCUT2D eigenvalue weighted by Gasteiger charge is 2.64. The number of nitrogens with zero attached hydrogens (tertiary/aromatic N) is 2. The van der Waals surface area contributed by atoms with Gasteiger partial charge < -0.3 is 47.0 Å². The lowest BCUT2D eigenvalue weighted by Crippen LogP contribution is -2.71. The second-order valence-electron chi connectivity index (χ2n) is 14.4. The van der Waals surface area contributed by atoms with E-state index in [2.05, 4.69) is 28.2 Å². The van der Waals surface area contributed by atoms with Gasteiger partial charge in [-0.1, -0.05) is 45.4 Å². The Morgan fingerprint density at radius 2 is 1.58 bits per heavy atom. The molecule has 292 valence electrons. The molecule has 3 aliphatic heterocycles. The van der Waals surface area contributed by atoms with Crippen LogP contribution < -0.4 is 27.0 Å². The molecule has 7 amide bonds. The summed E-state index contributed by atoms with van der Waals surface area (Å²) in [6.45, 7) is 8.46. The smallest absolute Gasteiger partial charge is 0.327 e. The number of β-lactam (4-membered cyclic amide) rings is 1. The molecule has 0 aromatic heterocycles. The van der Waals surface area contributed by atoms with Gasteiger partial charge in [0, 0.05) is 17.7 Å². The van der Waals surface area contributed by atoms with Crippen molar-refractivity contribution in [2.45, 2.75) is 158 Å². The number of carboxylic acid groups (broad SMARTS) is 1. The fourth-order valence-corrected chi connectivity index (χ4v) is 8.47. The van der Waals surface area contributed by atoms with Gasteiger partial charge in [0.1, 0.15) is 41.6 Å². The van der Waals surface area contributed by atoms with Crippen molar-refractivity contribution >= 4 is 59.1 Å². The van der Waals surface area contributed by atoms with E-state index in [1.165, 1.54) is 48.3 Å². The fraction of sp³-hybridized carbons (Fsp3) is 0.765. The number of carboxylic acids is 1. The van der Waals surface area contributed by atoms with E-state index in [4.69, 9.17) is 5.73 Å². The lowest BCUT2D eigenvalue weighted by atomic mass is 9.96. The molecule has 0 bridgehead atoms. The van der Waals surface area contributed by atoms with Gasteiger partial charge in [-0.25, -0.2) is 4.79 Å². The summed E-state index contributed by atoms with van der Waals surface area (Å²) in [5.74, 6) is -6.24. The van der Waals surface area contributed by atoms with Crippen LogP contribution in [-0.4, -0.2) is 126 Å². The van der Waals surface area contributed by atoms with Crippen molar-refractivity contribution in [2.75, 3.05) is 6.54 Å². The summed E-state index contributed by atoms with van der Waals surface area (Å²) in [6.07, 6.45) is 6.64. The van der Waals surface area contributed by atoms with Crippen LogP contribution in [0.15, 0.2) is 0 Å². The van der Waals surface area contributed by atoms with Gasteiger partial charge in [0.25, 0.3) is 0 Å². The van der Waals surface area contributed by atoms with E-state index in [0.717, 1.165) is 32.1 Å². The van der Waals surface area contributed by atoms with Crippen LogP contribution in [0.25, 0.3) is 0 Å². The number of hydrogen-bond acceptors (Lipinski definition) is 10. The number of aliphatic carboxylic acids is 1. The Kier molecular flexibility index (Phi) is 15.3. The summed E-state index contributed by atoms with van der Waals surface area (Å²) in [4.78, 5) is 105. The van der Waals surface area contributed by atoms with Gasteiger partial charge in [0.05, 0.1) is 12.5 Å². The molecule has 0 saturated carbocycles. The van der Waals surface area contributed by atoms with Gasteiger partial charge in [-0.2, -0.15) is 0 Å². The van der Waals surface area contributed by atoms with Crippen LogP contribution in [0.4, 0.5) is 0 Å². The molecule has 3 rings (SSSR count). The van der Waals surface area contributed by atoms with Crippen molar-refractivity contribution in [3.8, 4) is 0 Å². The molecule has 0 spiro atoms. The minimum atomic E-state index is -1.54. The zero-order chi connectivity index (χ0) is 38.9. The molecule has 0 aliphatic carbocycles. The number of hydrogen-bond donors (Lipinski definition) is 7. The van der Waals surface area contributed by atoms with Crippen LogP contribution >= 0.6 is 11.8 Å². The van der Waals surface area contributed by atoms with Crippen LogP contribution in [0.3, 0.4) is 0 Å². The van der Waals surface area contributed by atoms with Gasteiger partial charge in [-0.3, -0.25) is 33.6 Å². The number of likely N-dealkylation sites (tertiary alicyclic amines) is 1. The van der Waals surface area contributed by atoms with Gasteiger partial charge in [-0.15, -0.1) is 11.8 Å². The molecule has 0 aromatic carbocycles. The zero-order valence-electron chi connectivity index (χ0n) is 30.6. The number of aliphatic hydroxyl groups excluding tert-OH is 1. The second kappa shape index (κ2) is 18.7. The number of unbranched alkanes of at least 4 members (excludes halogenated alkanes) is 6. The molecule has 0 radical (unpaired) electrons. The van der Waals surface area contributed by atoms with Crippen LogP contribution in [0.5, 0.6) is 0 Å². The average molecular weight is 754 g/mol. The largest absolute Gasteiger partial charge is 0.480 e. The number of thioether (sulfide) groups is 1. The molecule has 3 saturated heterocycles. The Morgan fingerprint density at radius 3 is 2.17 bits per heavy atom. The monoisotopic (exact) mass is 753 g/mol. The van der Waals surface area contributed by atoms with Crippen LogP contribution in [0, 0.1) is 0 Å². The number of aliphatic hydroxyl groups is 1. The topological polar surface area (TPSA) is 258 Å². The predicted molar refractivity (Wildman–Crippen MR) is 190 cm³/mol. The fourth-order valence-electron chi connectivity index (χ4n) is 6.84. The number of fused-ring (bicyclic) bond motifs is 1. The van der Waals surface area contributed by atoms with Gasteiger partial charge in [0.15, 0.2) is 0 Å². The maximum Gasteiger partial charge on any atom is 0.327 e. The zero-order valence-corrected chi connectivity index (χ0v) is 31.5. The summed E-state index contributed by atoms with van der Waals surface area (Å²) >= 11 is 1.20. The normalized spacial score (nSPS) is 24.1. The highest BCUT2D eigenvalue weighted by atomic mass is 32.2. The highest BCUT2D eigenvalue weighted by Crippen LogP contribution is 2.50. The van der Waals surface area contributed by atoms with E-state index in [0.29, 0.717) is 25.8 Å². The molecule has 18 heteroatoms. The number of nitrogens with two attached hydrogens (primary N) is 1. The maximum absolute atomic E-state index is 13.3. The van der Waals surface area contributed by atoms with E-state index in [1.807, 2.05) is 0 Å². The number of rotatable bonds is 20. The Labute approximate surface area is 308 Å². The lowest BCUT2D eigenvalue weighted by molar-refractivity contribution is -0.161. The summed E-state index contributed by atoms with van der Waals surface area (Å²) in [5.41, 5.74) is 5.31. The minimum Gasteiger partial charge on any atom is -0.480 e. The molecular formula is C34H55N7O10S. The van der Waals surface area contributed by atoms with Crippen LogP contribution in [0.1, 0.15) is 105 Å². The van der Waals surface area contributed by atoms with E-state index in [1.54, 1.807) is 13.8 Å². The quantitative estimate of drug-likeness (QED) is 0.0615. The Bertz CT molecular complexity index is 1380. The van der Waals surface area contributed by atoms with E-state index in [-0.39, 0.29) is 5.91 Å². The first-order chi connectivity index (χ1) is 24.4. The van der Waals surface area contributed by atoms with Crippen LogP contribution in [0.2, 0.25) is 0 Å². The van der Waals surface area contributed by atoms with E-state index in [9.17, 15) is 48.6 Å². The van der Waals surface area contributed by atoms with Crippen molar-refractivity contribution in [1.29, 1.82) is 0 Å². The number of carbonyl (C=O) groups is 8. The first kappa shape index (κ1) is 42.5. The van der Waals surface area contributed by atoms with Crippen molar-refractivity contribution in [1.82, 2.24) is 31.1 Å². The van der Waals surface area contributed by atoms with Crippen molar-refractivity contribution in [3.63, 3.8) is 0 Å². The summed E-state index contributed by atoms with van der Waals surface area (Å²) < 4.78 is -0.843. The van der Waals surface area contributed by atoms with Crippen molar-refractivity contribution in [2.24, 2.45) is 5.73 Å². The van der Waals surface area contributed by atoms with Crippen molar-refractivity contribution in [3.05, 3.63) is 0 Å². The van der Waals surface area contributed by atoms with Crippen molar-refractivity contribution < 1.29 is 48.6 Å². The number of carbonyl (C=O) groups excluding carboxylic acids is 7. The Balaban J connectivity index is 1.55. The molecule has 3 fully saturated rings. The number of amides is 7. The number of primary amides is 1. The molecule has 17 nitrogen and oxygen atoms in total. The lowest BCUT2D eigenvalue weighted by Gasteiger charge is -2.44. The van der Waals surface area contributed by atoms with Gasteiger partial charge in [-0.05, 0) is 47.0 Å².